The fraction of sp³-hybridized carbons (Fsp3) is 0.267. The van der Waals surface area contributed by atoms with Crippen LogP contribution < -0.4 is 10.0 Å². The molecule has 0 aliphatic rings. The van der Waals surface area contributed by atoms with Crippen molar-refractivity contribution in [3.05, 3.63) is 54.0 Å². The molecule has 0 spiro atoms. The largest absolute Gasteiger partial charge is 0.459 e. The first-order chi connectivity index (χ1) is 10.4. The van der Waals surface area contributed by atoms with Crippen molar-refractivity contribution in [3.8, 4) is 0 Å². The highest BCUT2D eigenvalue weighted by Gasteiger charge is 2.06. The maximum Gasteiger partial charge on any atom is 0.286 e. The van der Waals surface area contributed by atoms with Crippen molar-refractivity contribution < 1.29 is 17.6 Å². The van der Waals surface area contributed by atoms with E-state index < -0.39 is 10.0 Å². The lowest BCUT2D eigenvalue weighted by Crippen LogP contribution is -2.24. The molecule has 2 rings (SSSR count). The summed E-state index contributed by atoms with van der Waals surface area (Å²) < 4.78 is 29.6. The van der Waals surface area contributed by atoms with E-state index in [0.29, 0.717) is 18.0 Å². The SMILES string of the molecule is CS(=O)(=O)Nc1ccc(CCCNC(=O)c2ccco2)cc1. The molecule has 0 saturated carbocycles. The molecule has 0 bridgehead atoms. The number of benzene rings is 1. The molecule has 6 nitrogen and oxygen atoms in total. The van der Waals surface area contributed by atoms with Gasteiger partial charge in [-0.05, 0) is 42.7 Å². The van der Waals surface area contributed by atoms with Crippen LogP contribution in [0.1, 0.15) is 22.5 Å². The molecule has 7 heteroatoms. The number of aryl methyl sites for hydroxylation is 1. The first kappa shape index (κ1) is 16.1. The Bertz CT molecular complexity index is 707. The summed E-state index contributed by atoms with van der Waals surface area (Å²) in [4.78, 5) is 11.6. The summed E-state index contributed by atoms with van der Waals surface area (Å²) in [6, 6.07) is 10.4. The molecular formula is C15H18N2O4S. The first-order valence-corrected chi connectivity index (χ1v) is 8.71. The zero-order valence-electron chi connectivity index (χ0n) is 12.2. The number of carbonyl (C=O) groups excluding carboxylic acids is 1. The van der Waals surface area contributed by atoms with Crippen molar-refractivity contribution >= 4 is 21.6 Å². The molecule has 1 aromatic carbocycles. The number of hydrogen-bond acceptors (Lipinski definition) is 4. The minimum atomic E-state index is -3.25. The predicted octanol–water partition coefficient (Wildman–Crippen LogP) is 2.01. The van der Waals surface area contributed by atoms with Gasteiger partial charge in [-0.3, -0.25) is 9.52 Å². The summed E-state index contributed by atoms with van der Waals surface area (Å²) in [5.74, 6) is 0.0777. The number of anilines is 1. The molecule has 0 fully saturated rings. The smallest absolute Gasteiger partial charge is 0.286 e. The van der Waals surface area contributed by atoms with Gasteiger partial charge < -0.3 is 9.73 Å². The van der Waals surface area contributed by atoms with E-state index in [1.54, 1.807) is 24.3 Å². The van der Waals surface area contributed by atoms with Crippen LogP contribution >= 0.6 is 0 Å². The van der Waals surface area contributed by atoms with Gasteiger partial charge in [0.25, 0.3) is 5.91 Å². The molecule has 0 radical (unpaired) electrons. The molecule has 1 heterocycles. The molecule has 0 aliphatic carbocycles. The third-order valence-corrected chi connectivity index (χ3v) is 3.54. The minimum absolute atomic E-state index is 0.224. The average Bonchev–Trinajstić information content (AvgIpc) is 2.97. The van der Waals surface area contributed by atoms with Crippen molar-refractivity contribution in [1.29, 1.82) is 0 Å². The minimum Gasteiger partial charge on any atom is -0.459 e. The van der Waals surface area contributed by atoms with E-state index in [-0.39, 0.29) is 5.91 Å². The number of amides is 1. The van der Waals surface area contributed by atoms with Gasteiger partial charge in [-0.1, -0.05) is 12.1 Å². The number of rotatable bonds is 7. The normalized spacial score (nSPS) is 11.1. The second kappa shape index (κ2) is 7.13. The van der Waals surface area contributed by atoms with Gasteiger partial charge in [0.15, 0.2) is 5.76 Å². The van der Waals surface area contributed by atoms with Gasteiger partial charge in [0.05, 0.1) is 12.5 Å². The van der Waals surface area contributed by atoms with E-state index in [9.17, 15) is 13.2 Å². The molecule has 0 unspecified atom stereocenters. The zero-order chi connectivity index (χ0) is 16.0. The zero-order valence-corrected chi connectivity index (χ0v) is 13.0. The molecule has 2 aromatic rings. The Kier molecular flexibility index (Phi) is 5.21. The Morgan fingerprint density at radius 2 is 1.91 bits per heavy atom. The highest BCUT2D eigenvalue weighted by atomic mass is 32.2. The topological polar surface area (TPSA) is 88.4 Å². The number of nitrogens with one attached hydrogen (secondary N) is 2. The number of hydrogen-bond donors (Lipinski definition) is 2. The Balaban J connectivity index is 1.74. The van der Waals surface area contributed by atoms with Crippen molar-refractivity contribution in [2.75, 3.05) is 17.5 Å². The van der Waals surface area contributed by atoms with Crippen LogP contribution in [0.3, 0.4) is 0 Å². The molecule has 2 N–H and O–H groups in total. The number of furan rings is 1. The van der Waals surface area contributed by atoms with Gasteiger partial charge in [-0.15, -0.1) is 0 Å². The average molecular weight is 322 g/mol. The van der Waals surface area contributed by atoms with Gasteiger partial charge in [-0.25, -0.2) is 8.42 Å². The van der Waals surface area contributed by atoms with Crippen LogP contribution in [-0.4, -0.2) is 27.1 Å². The van der Waals surface area contributed by atoms with Gasteiger partial charge in [0, 0.05) is 12.2 Å². The summed E-state index contributed by atoms with van der Waals surface area (Å²) in [5, 5.41) is 2.77. The van der Waals surface area contributed by atoms with E-state index in [4.69, 9.17) is 4.42 Å². The predicted molar refractivity (Wildman–Crippen MR) is 84.3 cm³/mol. The summed E-state index contributed by atoms with van der Waals surface area (Å²) in [7, 11) is -3.25. The van der Waals surface area contributed by atoms with Gasteiger partial charge >= 0.3 is 0 Å². The van der Waals surface area contributed by atoms with Crippen LogP contribution in [0, 0.1) is 0 Å². The maximum absolute atomic E-state index is 11.6. The lowest BCUT2D eigenvalue weighted by atomic mass is 10.1. The quantitative estimate of drug-likeness (QED) is 0.763. The van der Waals surface area contributed by atoms with Crippen molar-refractivity contribution in [2.45, 2.75) is 12.8 Å². The van der Waals surface area contributed by atoms with Crippen LogP contribution in [0.2, 0.25) is 0 Å². The highest BCUT2D eigenvalue weighted by Crippen LogP contribution is 2.12. The van der Waals surface area contributed by atoms with Crippen LogP contribution in [-0.2, 0) is 16.4 Å². The third kappa shape index (κ3) is 5.25. The highest BCUT2D eigenvalue weighted by molar-refractivity contribution is 7.92. The molecule has 0 aliphatic heterocycles. The van der Waals surface area contributed by atoms with Crippen molar-refractivity contribution in [3.63, 3.8) is 0 Å². The van der Waals surface area contributed by atoms with E-state index in [0.717, 1.165) is 24.7 Å². The van der Waals surface area contributed by atoms with Crippen LogP contribution in [0.15, 0.2) is 47.1 Å². The Morgan fingerprint density at radius 3 is 2.50 bits per heavy atom. The van der Waals surface area contributed by atoms with Gasteiger partial charge in [-0.2, -0.15) is 0 Å². The molecular weight excluding hydrogens is 304 g/mol. The second-order valence-corrected chi connectivity index (χ2v) is 6.66. The first-order valence-electron chi connectivity index (χ1n) is 6.82. The van der Waals surface area contributed by atoms with E-state index in [2.05, 4.69) is 10.0 Å². The van der Waals surface area contributed by atoms with Crippen LogP contribution in [0.4, 0.5) is 5.69 Å². The maximum atomic E-state index is 11.6. The Morgan fingerprint density at radius 1 is 1.18 bits per heavy atom. The van der Waals surface area contributed by atoms with Crippen LogP contribution in [0.5, 0.6) is 0 Å². The number of sulfonamides is 1. The molecule has 1 aromatic heterocycles. The van der Waals surface area contributed by atoms with Crippen molar-refractivity contribution in [2.24, 2.45) is 0 Å². The van der Waals surface area contributed by atoms with Crippen molar-refractivity contribution in [1.82, 2.24) is 5.32 Å². The number of carbonyl (C=O) groups is 1. The van der Waals surface area contributed by atoms with E-state index >= 15 is 0 Å². The third-order valence-electron chi connectivity index (χ3n) is 2.93. The molecule has 118 valence electrons. The van der Waals surface area contributed by atoms with Crippen LogP contribution in [0.25, 0.3) is 0 Å². The molecule has 1 amide bonds. The summed E-state index contributed by atoms with van der Waals surface area (Å²) in [6.45, 7) is 0.545. The van der Waals surface area contributed by atoms with Gasteiger partial charge in [0.1, 0.15) is 0 Å². The summed E-state index contributed by atoms with van der Waals surface area (Å²) >= 11 is 0. The summed E-state index contributed by atoms with van der Waals surface area (Å²) in [6.07, 6.45) is 4.15. The lowest BCUT2D eigenvalue weighted by molar-refractivity contribution is 0.0925. The summed E-state index contributed by atoms with van der Waals surface area (Å²) in [5.41, 5.74) is 1.61. The van der Waals surface area contributed by atoms with E-state index in [1.807, 2.05) is 12.1 Å². The fourth-order valence-corrected chi connectivity index (χ4v) is 2.51. The fourth-order valence-electron chi connectivity index (χ4n) is 1.94. The van der Waals surface area contributed by atoms with E-state index in [1.165, 1.54) is 6.26 Å². The second-order valence-electron chi connectivity index (χ2n) is 4.91. The Labute approximate surface area is 129 Å². The molecule has 22 heavy (non-hydrogen) atoms. The molecule has 0 saturated heterocycles. The lowest BCUT2D eigenvalue weighted by Gasteiger charge is -2.06. The Hall–Kier alpha value is -2.28. The standard InChI is InChI=1S/C15H18N2O4S/c1-22(19,20)17-13-8-6-12(7-9-13)4-2-10-16-15(18)14-5-3-11-21-14/h3,5-9,11,17H,2,4,10H2,1H3,(H,16,18). The monoisotopic (exact) mass is 322 g/mol. The van der Waals surface area contributed by atoms with Gasteiger partial charge in [0.2, 0.25) is 10.0 Å². The molecule has 0 atom stereocenters.